The number of methoxy groups -OCH3 is 2. The molecule has 0 amide bonds. The fourth-order valence-corrected chi connectivity index (χ4v) is 2.24. The second-order valence-electron chi connectivity index (χ2n) is 4.76. The normalized spacial score (nSPS) is 10.4. The maximum Gasteiger partial charge on any atom is 0.269 e. The molecule has 1 heterocycles. The lowest BCUT2D eigenvalue weighted by Crippen LogP contribution is -1.93. The predicted octanol–water partition coefficient (Wildman–Crippen LogP) is 3.33. The van der Waals surface area contributed by atoms with Crippen LogP contribution in [0, 0.1) is 10.1 Å². The van der Waals surface area contributed by atoms with E-state index in [-0.39, 0.29) is 11.6 Å². The number of aromatic nitrogens is 2. The van der Waals surface area contributed by atoms with E-state index >= 15 is 0 Å². The van der Waals surface area contributed by atoms with E-state index in [9.17, 15) is 10.1 Å². The van der Waals surface area contributed by atoms with Gasteiger partial charge in [-0.1, -0.05) is 11.2 Å². The Labute approximate surface area is 136 Å². The van der Waals surface area contributed by atoms with Gasteiger partial charge >= 0.3 is 0 Å². The van der Waals surface area contributed by atoms with E-state index in [1.807, 2.05) is 0 Å². The second kappa shape index (κ2) is 6.37. The number of benzene rings is 2. The van der Waals surface area contributed by atoms with Crippen LogP contribution < -0.4 is 9.47 Å². The third-order valence-electron chi connectivity index (χ3n) is 3.40. The smallest absolute Gasteiger partial charge is 0.269 e. The number of hydrogen-bond acceptors (Lipinski definition) is 7. The van der Waals surface area contributed by atoms with Crippen LogP contribution in [-0.2, 0) is 0 Å². The number of ether oxygens (including phenoxy) is 2. The predicted molar refractivity (Wildman–Crippen MR) is 84.9 cm³/mol. The number of hydrogen-bond donors (Lipinski definition) is 0. The highest BCUT2D eigenvalue weighted by Gasteiger charge is 2.19. The summed E-state index contributed by atoms with van der Waals surface area (Å²) in [6.07, 6.45) is 0. The average molecular weight is 327 g/mol. The van der Waals surface area contributed by atoms with Crippen molar-refractivity contribution in [3.05, 3.63) is 52.6 Å². The summed E-state index contributed by atoms with van der Waals surface area (Å²) in [5.41, 5.74) is 1.14. The van der Waals surface area contributed by atoms with Crippen LogP contribution in [0.3, 0.4) is 0 Å². The number of nitrogens with zero attached hydrogens (tertiary/aromatic N) is 3. The van der Waals surface area contributed by atoms with Crippen LogP contribution in [0.5, 0.6) is 11.5 Å². The van der Waals surface area contributed by atoms with Gasteiger partial charge in [0.25, 0.3) is 11.6 Å². The third kappa shape index (κ3) is 2.76. The SMILES string of the molecule is COc1cccc(OC)c1-c1nc(-c2ccc([N+](=O)[O-])cc2)no1. The highest BCUT2D eigenvalue weighted by atomic mass is 16.6. The van der Waals surface area contributed by atoms with E-state index in [2.05, 4.69) is 10.1 Å². The van der Waals surface area contributed by atoms with Gasteiger partial charge in [0, 0.05) is 17.7 Å². The molecule has 0 atom stereocenters. The molecule has 3 aromatic rings. The van der Waals surface area contributed by atoms with Crippen molar-refractivity contribution < 1.29 is 18.9 Å². The summed E-state index contributed by atoms with van der Waals surface area (Å²) in [5.74, 6) is 1.62. The Balaban J connectivity index is 2.01. The highest BCUT2D eigenvalue weighted by Crippen LogP contribution is 2.37. The fraction of sp³-hybridized carbons (Fsp3) is 0.125. The number of non-ortho nitro benzene ring substituents is 1. The minimum absolute atomic E-state index is 0.00568. The first-order chi connectivity index (χ1) is 11.6. The van der Waals surface area contributed by atoms with E-state index in [0.29, 0.717) is 28.5 Å². The minimum atomic E-state index is -0.467. The van der Waals surface area contributed by atoms with Crippen molar-refractivity contribution in [1.82, 2.24) is 10.1 Å². The Kier molecular flexibility index (Phi) is 4.11. The topological polar surface area (TPSA) is 101 Å². The standard InChI is InChI=1S/C16H13N3O5/c1-22-12-4-3-5-13(23-2)14(12)16-17-15(18-24-16)10-6-8-11(9-7-10)19(20)21/h3-9H,1-2H3. The minimum Gasteiger partial charge on any atom is -0.496 e. The first kappa shape index (κ1) is 15.5. The molecular formula is C16H13N3O5. The Bertz CT molecular complexity index is 851. The van der Waals surface area contributed by atoms with Crippen molar-refractivity contribution in [3.8, 4) is 34.3 Å². The summed E-state index contributed by atoms with van der Waals surface area (Å²) < 4.78 is 15.9. The zero-order chi connectivity index (χ0) is 17.1. The summed E-state index contributed by atoms with van der Waals surface area (Å²) in [4.78, 5) is 14.6. The molecule has 24 heavy (non-hydrogen) atoms. The lowest BCUT2D eigenvalue weighted by atomic mass is 10.1. The number of nitro groups is 1. The molecule has 0 saturated heterocycles. The van der Waals surface area contributed by atoms with Gasteiger partial charge in [0.15, 0.2) is 0 Å². The Hall–Kier alpha value is -3.42. The molecule has 0 aliphatic carbocycles. The highest BCUT2D eigenvalue weighted by molar-refractivity contribution is 5.72. The van der Waals surface area contributed by atoms with E-state index in [4.69, 9.17) is 14.0 Å². The molecule has 0 aliphatic heterocycles. The van der Waals surface area contributed by atoms with Gasteiger partial charge in [-0.25, -0.2) is 0 Å². The van der Waals surface area contributed by atoms with Gasteiger partial charge in [-0.2, -0.15) is 4.98 Å². The first-order valence-electron chi connectivity index (χ1n) is 6.94. The van der Waals surface area contributed by atoms with E-state index in [1.165, 1.54) is 26.4 Å². The van der Waals surface area contributed by atoms with Gasteiger partial charge in [-0.05, 0) is 24.3 Å². The molecule has 0 bridgehead atoms. The van der Waals surface area contributed by atoms with Crippen LogP contribution in [0.2, 0.25) is 0 Å². The molecule has 122 valence electrons. The molecule has 0 fully saturated rings. The second-order valence-corrected chi connectivity index (χ2v) is 4.76. The third-order valence-corrected chi connectivity index (χ3v) is 3.40. The maximum absolute atomic E-state index is 10.7. The van der Waals surface area contributed by atoms with Gasteiger partial charge in [-0.15, -0.1) is 0 Å². The zero-order valence-electron chi connectivity index (χ0n) is 12.9. The average Bonchev–Trinajstić information content (AvgIpc) is 3.10. The molecule has 0 aliphatic rings. The fourth-order valence-electron chi connectivity index (χ4n) is 2.24. The van der Waals surface area contributed by atoms with Crippen molar-refractivity contribution in [3.63, 3.8) is 0 Å². The molecule has 2 aromatic carbocycles. The van der Waals surface area contributed by atoms with Crippen molar-refractivity contribution in [1.29, 1.82) is 0 Å². The summed E-state index contributed by atoms with van der Waals surface area (Å²) in [6.45, 7) is 0. The molecular weight excluding hydrogens is 314 g/mol. The summed E-state index contributed by atoms with van der Waals surface area (Å²) in [7, 11) is 3.07. The van der Waals surface area contributed by atoms with E-state index in [1.54, 1.807) is 30.3 Å². The number of nitro benzene ring substituents is 1. The summed E-state index contributed by atoms with van der Waals surface area (Å²) in [6, 6.07) is 11.2. The molecule has 0 N–H and O–H groups in total. The lowest BCUT2D eigenvalue weighted by molar-refractivity contribution is -0.384. The van der Waals surface area contributed by atoms with Gasteiger partial charge in [-0.3, -0.25) is 10.1 Å². The Morgan fingerprint density at radius 3 is 2.21 bits per heavy atom. The molecule has 0 radical (unpaired) electrons. The molecule has 8 heteroatoms. The summed E-state index contributed by atoms with van der Waals surface area (Å²) >= 11 is 0. The quantitative estimate of drug-likeness (QED) is 0.523. The monoisotopic (exact) mass is 327 g/mol. The van der Waals surface area contributed by atoms with Gasteiger partial charge in [0.1, 0.15) is 17.1 Å². The van der Waals surface area contributed by atoms with E-state index in [0.717, 1.165) is 0 Å². The van der Waals surface area contributed by atoms with Crippen LogP contribution >= 0.6 is 0 Å². The van der Waals surface area contributed by atoms with Gasteiger partial charge < -0.3 is 14.0 Å². The van der Waals surface area contributed by atoms with Crippen LogP contribution in [0.4, 0.5) is 5.69 Å². The van der Waals surface area contributed by atoms with Crippen LogP contribution in [0.25, 0.3) is 22.8 Å². The van der Waals surface area contributed by atoms with Crippen LogP contribution in [0.15, 0.2) is 47.0 Å². The molecule has 0 unspecified atom stereocenters. The van der Waals surface area contributed by atoms with Crippen molar-refractivity contribution in [2.45, 2.75) is 0 Å². The molecule has 0 spiro atoms. The maximum atomic E-state index is 10.7. The molecule has 1 aromatic heterocycles. The van der Waals surface area contributed by atoms with Gasteiger partial charge in [0.05, 0.1) is 19.1 Å². The van der Waals surface area contributed by atoms with Crippen LogP contribution in [0.1, 0.15) is 0 Å². The largest absolute Gasteiger partial charge is 0.496 e. The lowest BCUT2D eigenvalue weighted by Gasteiger charge is -2.09. The molecule has 3 rings (SSSR count). The Morgan fingerprint density at radius 1 is 1.04 bits per heavy atom. The van der Waals surface area contributed by atoms with Crippen LogP contribution in [-0.4, -0.2) is 29.3 Å². The van der Waals surface area contributed by atoms with Crippen molar-refractivity contribution >= 4 is 5.69 Å². The molecule has 0 saturated carbocycles. The first-order valence-corrected chi connectivity index (χ1v) is 6.94. The van der Waals surface area contributed by atoms with Gasteiger partial charge in [0.2, 0.25) is 5.82 Å². The number of rotatable bonds is 5. The zero-order valence-corrected chi connectivity index (χ0v) is 12.9. The summed E-state index contributed by atoms with van der Waals surface area (Å²) in [5, 5.41) is 14.6. The van der Waals surface area contributed by atoms with Crippen molar-refractivity contribution in [2.24, 2.45) is 0 Å². The van der Waals surface area contributed by atoms with E-state index < -0.39 is 4.92 Å². The Morgan fingerprint density at radius 2 is 1.67 bits per heavy atom. The van der Waals surface area contributed by atoms with Crippen molar-refractivity contribution in [2.75, 3.05) is 14.2 Å². The molecule has 8 nitrogen and oxygen atoms in total.